The molecule has 9 heteroatoms. The highest BCUT2D eigenvalue weighted by molar-refractivity contribution is 6.34. The lowest BCUT2D eigenvalue weighted by molar-refractivity contribution is 0.264. The zero-order valence-electron chi connectivity index (χ0n) is 19.2. The first kappa shape index (κ1) is 22.9. The van der Waals surface area contributed by atoms with Crippen molar-refractivity contribution in [2.45, 2.75) is 31.8 Å². The second kappa shape index (κ2) is 9.78. The third-order valence-electron chi connectivity index (χ3n) is 6.30. The molecule has 4 heterocycles. The summed E-state index contributed by atoms with van der Waals surface area (Å²) in [7, 11) is 2.18. The summed E-state index contributed by atoms with van der Waals surface area (Å²) >= 11 is 12.7. The first-order valence-corrected chi connectivity index (χ1v) is 12.2. The Morgan fingerprint density at radius 3 is 2.68 bits per heavy atom. The zero-order chi connectivity index (χ0) is 23.7. The van der Waals surface area contributed by atoms with Gasteiger partial charge in [0.1, 0.15) is 5.69 Å². The molecule has 7 nitrogen and oxygen atoms in total. The van der Waals surface area contributed by atoms with Crippen LogP contribution in [0.25, 0.3) is 17.0 Å². The largest absolute Gasteiger partial charge is 0.382 e. The van der Waals surface area contributed by atoms with Crippen LogP contribution in [0.3, 0.4) is 0 Å². The molecule has 0 bridgehead atoms. The molecule has 1 aromatic carbocycles. The molecular weight excluding hydrogens is 469 g/mol. The van der Waals surface area contributed by atoms with E-state index >= 15 is 0 Å². The van der Waals surface area contributed by atoms with E-state index in [-0.39, 0.29) is 6.04 Å². The van der Waals surface area contributed by atoms with Crippen molar-refractivity contribution in [3.8, 4) is 11.4 Å². The van der Waals surface area contributed by atoms with E-state index in [9.17, 15) is 0 Å². The van der Waals surface area contributed by atoms with Crippen LogP contribution in [0.5, 0.6) is 0 Å². The van der Waals surface area contributed by atoms with Gasteiger partial charge in [0, 0.05) is 17.9 Å². The number of piperidine rings is 1. The summed E-state index contributed by atoms with van der Waals surface area (Å²) in [6, 6.07) is 12.7. The Hall–Kier alpha value is -2.87. The van der Waals surface area contributed by atoms with Crippen molar-refractivity contribution in [1.82, 2.24) is 24.3 Å². The Labute approximate surface area is 209 Å². The van der Waals surface area contributed by atoms with Gasteiger partial charge >= 0.3 is 0 Å². The summed E-state index contributed by atoms with van der Waals surface area (Å²) in [5.41, 5.74) is 4.30. The van der Waals surface area contributed by atoms with E-state index in [2.05, 4.69) is 63.7 Å². The number of likely N-dealkylation sites (tertiary alicyclic amines) is 1. The molecule has 0 spiro atoms. The van der Waals surface area contributed by atoms with Crippen molar-refractivity contribution < 1.29 is 0 Å². The van der Waals surface area contributed by atoms with Gasteiger partial charge in [-0.1, -0.05) is 35.3 Å². The Bertz CT molecular complexity index is 1300. The minimum absolute atomic E-state index is 0.00453. The number of benzene rings is 1. The minimum Gasteiger partial charge on any atom is -0.382 e. The average Bonchev–Trinajstić information content (AvgIpc) is 3.27. The number of anilines is 2. The van der Waals surface area contributed by atoms with Crippen LogP contribution >= 0.6 is 23.2 Å². The number of fused-ring (bicyclic) bond motifs is 1. The van der Waals surface area contributed by atoms with Crippen molar-refractivity contribution in [2.24, 2.45) is 0 Å². The topological polar surface area (TPSA) is 70.4 Å². The molecule has 0 saturated carbocycles. The van der Waals surface area contributed by atoms with Gasteiger partial charge in [-0.25, -0.2) is 15.0 Å². The molecule has 1 atom stereocenters. The lowest BCUT2D eigenvalue weighted by Gasteiger charge is -2.30. The second-order valence-electron chi connectivity index (χ2n) is 8.80. The predicted octanol–water partition coefficient (Wildman–Crippen LogP) is 5.78. The van der Waals surface area contributed by atoms with Crippen molar-refractivity contribution in [3.63, 3.8) is 0 Å². The van der Waals surface area contributed by atoms with E-state index in [1.54, 1.807) is 18.5 Å². The van der Waals surface area contributed by atoms with Crippen molar-refractivity contribution >= 4 is 40.5 Å². The number of hydrogen-bond acceptors (Lipinski definition) is 6. The highest BCUT2D eigenvalue weighted by Gasteiger charge is 2.18. The Kier molecular flexibility index (Phi) is 6.59. The van der Waals surface area contributed by atoms with E-state index < -0.39 is 0 Å². The Morgan fingerprint density at radius 2 is 1.85 bits per heavy atom. The number of imidazole rings is 1. The normalized spacial score (nSPS) is 16.0. The molecule has 4 aromatic rings. The Morgan fingerprint density at radius 1 is 1.03 bits per heavy atom. The highest BCUT2D eigenvalue weighted by atomic mass is 35.5. The fourth-order valence-electron chi connectivity index (χ4n) is 4.33. The van der Waals surface area contributed by atoms with E-state index in [1.165, 1.54) is 0 Å². The molecule has 0 amide bonds. The average molecular weight is 496 g/mol. The van der Waals surface area contributed by atoms with Crippen molar-refractivity contribution in [3.05, 3.63) is 70.6 Å². The van der Waals surface area contributed by atoms with Crippen LogP contribution in [-0.2, 0) is 0 Å². The molecule has 0 aliphatic carbocycles. The standard InChI is InChI=1S/C25H27Cl2N7/c1-16(17-5-3-6-19(13-17)31-18-8-11-33(2)12-9-18)30-25-29-14-21(27)23(32-25)22-15-28-24-20(26)7-4-10-34(22)24/h3-7,10,13-16,18,31H,8-9,11-12H2,1-2H3,(H,29,30,32)/t16-/m0/s1. The third-order valence-corrected chi connectivity index (χ3v) is 6.87. The third kappa shape index (κ3) is 4.82. The smallest absolute Gasteiger partial charge is 0.223 e. The van der Waals surface area contributed by atoms with Gasteiger partial charge in [-0.2, -0.15) is 0 Å². The van der Waals surface area contributed by atoms with Crippen molar-refractivity contribution in [2.75, 3.05) is 30.8 Å². The maximum absolute atomic E-state index is 6.47. The van der Waals surface area contributed by atoms with Gasteiger partial charge < -0.3 is 15.5 Å². The van der Waals surface area contributed by atoms with Crippen LogP contribution in [0, 0.1) is 0 Å². The monoisotopic (exact) mass is 495 g/mol. The van der Waals surface area contributed by atoms with Crippen LogP contribution in [0.4, 0.5) is 11.6 Å². The number of pyridine rings is 1. The van der Waals surface area contributed by atoms with Crippen molar-refractivity contribution in [1.29, 1.82) is 0 Å². The molecule has 1 aliphatic heterocycles. The summed E-state index contributed by atoms with van der Waals surface area (Å²) in [4.78, 5) is 15.9. The van der Waals surface area contributed by atoms with Gasteiger partial charge in [0.25, 0.3) is 0 Å². The van der Waals surface area contributed by atoms with Gasteiger partial charge in [0.05, 0.1) is 34.2 Å². The summed E-state index contributed by atoms with van der Waals surface area (Å²) in [6.45, 7) is 4.36. The molecule has 0 unspecified atom stereocenters. The number of rotatable bonds is 6. The molecule has 176 valence electrons. The molecule has 1 saturated heterocycles. The molecular formula is C25H27Cl2N7. The number of aromatic nitrogens is 4. The number of hydrogen-bond donors (Lipinski definition) is 2. The lowest BCUT2D eigenvalue weighted by atomic mass is 10.0. The number of halogens is 2. The zero-order valence-corrected chi connectivity index (χ0v) is 20.7. The van der Waals surface area contributed by atoms with Gasteiger partial charge in [0.15, 0.2) is 5.65 Å². The van der Waals surface area contributed by atoms with Crippen LogP contribution in [0.1, 0.15) is 31.4 Å². The fraction of sp³-hybridized carbons (Fsp3) is 0.320. The van der Waals surface area contributed by atoms with Crippen LogP contribution in [0.2, 0.25) is 10.0 Å². The highest BCUT2D eigenvalue weighted by Crippen LogP contribution is 2.30. The summed E-state index contributed by atoms with van der Waals surface area (Å²) in [5.74, 6) is 0.498. The molecule has 1 fully saturated rings. The summed E-state index contributed by atoms with van der Waals surface area (Å²) in [6.07, 6.45) is 7.54. The molecule has 0 radical (unpaired) electrons. The maximum Gasteiger partial charge on any atom is 0.223 e. The van der Waals surface area contributed by atoms with Crippen LogP contribution in [-0.4, -0.2) is 50.4 Å². The van der Waals surface area contributed by atoms with E-state index in [4.69, 9.17) is 28.2 Å². The first-order valence-electron chi connectivity index (χ1n) is 11.4. The molecule has 1 aliphatic rings. The van der Waals surface area contributed by atoms with Crippen LogP contribution in [0.15, 0.2) is 55.0 Å². The van der Waals surface area contributed by atoms with Crippen LogP contribution < -0.4 is 10.6 Å². The van der Waals surface area contributed by atoms with Gasteiger partial charge in [0.2, 0.25) is 5.95 Å². The molecule has 34 heavy (non-hydrogen) atoms. The van der Waals surface area contributed by atoms with Gasteiger partial charge in [-0.3, -0.25) is 4.40 Å². The quantitative estimate of drug-likeness (QED) is 0.353. The predicted molar refractivity (Wildman–Crippen MR) is 139 cm³/mol. The fourth-order valence-corrected chi connectivity index (χ4v) is 4.73. The minimum atomic E-state index is 0.00453. The van der Waals surface area contributed by atoms with E-state index in [0.717, 1.165) is 42.9 Å². The van der Waals surface area contributed by atoms with Gasteiger partial charge in [-0.15, -0.1) is 0 Å². The molecule has 5 rings (SSSR count). The molecule has 2 N–H and O–H groups in total. The first-order chi connectivity index (χ1) is 16.5. The molecule has 3 aromatic heterocycles. The maximum atomic E-state index is 6.47. The SMILES string of the molecule is C[C@H](Nc1ncc(Cl)c(-c2cnc3c(Cl)cccn23)n1)c1cccc(NC2CCN(C)CC2)c1. The summed E-state index contributed by atoms with van der Waals surface area (Å²) in [5, 5.41) is 8.12. The van der Waals surface area contributed by atoms with E-state index in [1.807, 2.05) is 16.7 Å². The summed E-state index contributed by atoms with van der Waals surface area (Å²) < 4.78 is 1.88. The lowest BCUT2D eigenvalue weighted by Crippen LogP contribution is -2.36. The number of nitrogens with one attached hydrogen (secondary N) is 2. The van der Waals surface area contributed by atoms with E-state index in [0.29, 0.717) is 33.4 Å². The second-order valence-corrected chi connectivity index (χ2v) is 9.61. The Balaban J connectivity index is 1.34. The number of nitrogens with zero attached hydrogens (tertiary/aromatic N) is 5. The van der Waals surface area contributed by atoms with Gasteiger partial charge in [-0.05, 0) is 69.7 Å².